The third-order valence-electron chi connectivity index (χ3n) is 4.37. The van der Waals surface area contributed by atoms with Gasteiger partial charge in [0.2, 0.25) is 0 Å². The molecule has 1 amide bonds. The molecule has 134 valence electrons. The number of aliphatic hydroxyl groups is 1. The number of aryl methyl sites for hydroxylation is 2. The van der Waals surface area contributed by atoms with Crippen LogP contribution < -0.4 is 10.1 Å². The molecular weight excluding hydrogens is 314 g/mol. The van der Waals surface area contributed by atoms with E-state index >= 15 is 0 Å². The van der Waals surface area contributed by atoms with Crippen LogP contribution in [0, 0.1) is 20.8 Å². The number of carbonyl (C=O) groups is 1. The van der Waals surface area contributed by atoms with Crippen molar-refractivity contribution in [3.63, 3.8) is 0 Å². The number of nitrogens with one attached hydrogen (secondary N) is 1. The Morgan fingerprint density at radius 3 is 2.24 bits per heavy atom. The van der Waals surface area contributed by atoms with Gasteiger partial charge in [0.25, 0.3) is 5.91 Å². The molecule has 2 aromatic carbocycles. The Labute approximate surface area is 149 Å². The highest BCUT2D eigenvalue weighted by Crippen LogP contribution is 2.25. The maximum absolute atomic E-state index is 12.0. The quantitative estimate of drug-likeness (QED) is 0.845. The molecule has 0 aliphatic heterocycles. The van der Waals surface area contributed by atoms with E-state index in [0.29, 0.717) is 6.54 Å². The first-order valence-corrected chi connectivity index (χ1v) is 8.46. The molecule has 0 fully saturated rings. The number of rotatable bonds is 6. The van der Waals surface area contributed by atoms with E-state index in [-0.39, 0.29) is 12.5 Å². The summed E-state index contributed by atoms with van der Waals surface area (Å²) in [7, 11) is 0. The zero-order valence-electron chi connectivity index (χ0n) is 15.6. The second kappa shape index (κ2) is 7.70. The molecule has 0 aliphatic carbocycles. The molecule has 0 heterocycles. The Morgan fingerprint density at radius 2 is 1.64 bits per heavy atom. The van der Waals surface area contributed by atoms with Crippen molar-refractivity contribution in [1.29, 1.82) is 0 Å². The van der Waals surface area contributed by atoms with Crippen LogP contribution in [0.15, 0.2) is 36.4 Å². The average molecular weight is 341 g/mol. The van der Waals surface area contributed by atoms with Crippen LogP contribution in [-0.2, 0) is 16.9 Å². The van der Waals surface area contributed by atoms with E-state index in [1.807, 2.05) is 51.1 Å². The molecule has 0 aliphatic rings. The summed E-state index contributed by atoms with van der Waals surface area (Å²) >= 11 is 0. The molecule has 0 aromatic heterocycles. The van der Waals surface area contributed by atoms with Crippen LogP contribution in [0.1, 0.15) is 41.7 Å². The zero-order chi connectivity index (χ0) is 18.6. The Morgan fingerprint density at radius 1 is 1.04 bits per heavy atom. The summed E-state index contributed by atoms with van der Waals surface area (Å²) in [5.41, 5.74) is 4.20. The predicted octanol–water partition coefficient (Wildman–Crippen LogP) is 3.53. The Bertz CT molecular complexity index is 743. The topological polar surface area (TPSA) is 58.6 Å². The van der Waals surface area contributed by atoms with Crippen molar-refractivity contribution in [1.82, 2.24) is 5.32 Å². The number of ether oxygens (including phenoxy) is 1. The second-order valence-corrected chi connectivity index (χ2v) is 6.97. The smallest absolute Gasteiger partial charge is 0.258 e. The molecule has 0 unspecified atom stereocenters. The van der Waals surface area contributed by atoms with E-state index in [9.17, 15) is 9.90 Å². The van der Waals surface area contributed by atoms with E-state index in [1.54, 1.807) is 13.8 Å². The van der Waals surface area contributed by atoms with Crippen LogP contribution in [0.3, 0.4) is 0 Å². The van der Waals surface area contributed by atoms with Gasteiger partial charge < -0.3 is 15.2 Å². The van der Waals surface area contributed by atoms with Gasteiger partial charge in [-0.1, -0.05) is 36.4 Å². The molecule has 2 aromatic rings. The number of hydrogen-bond acceptors (Lipinski definition) is 3. The van der Waals surface area contributed by atoms with E-state index in [0.717, 1.165) is 33.6 Å². The van der Waals surface area contributed by atoms with Crippen LogP contribution >= 0.6 is 0 Å². The number of benzene rings is 2. The highest BCUT2D eigenvalue weighted by Gasteiger charge is 2.15. The van der Waals surface area contributed by atoms with E-state index < -0.39 is 5.60 Å². The molecule has 2 N–H and O–H groups in total. The Kier molecular flexibility index (Phi) is 5.85. The van der Waals surface area contributed by atoms with E-state index in [4.69, 9.17) is 4.74 Å². The van der Waals surface area contributed by atoms with Gasteiger partial charge in [0.1, 0.15) is 5.75 Å². The van der Waals surface area contributed by atoms with Crippen LogP contribution in [-0.4, -0.2) is 17.6 Å². The van der Waals surface area contributed by atoms with Crippen LogP contribution in [0.25, 0.3) is 0 Å². The van der Waals surface area contributed by atoms with Gasteiger partial charge in [0, 0.05) is 6.54 Å². The van der Waals surface area contributed by atoms with Crippen molar-refractivity contribution >= 4 is 5.91 Å². The van der Waals surface area contributed by atoms with Gasteiger partial charge in [0.05, 0.1) is 5.60 Å². The summed E-state index contributed by atoms with van der Waals surface area (Å²) < 4.78 is 5.72. The van der Waals surface area contributed by atoms with E-state index in [1.165, 1.54) is 0 Å². The highest BCUT2D eigenvalue weighted by molar-refractivity contribution is 5.77. The maximum atomic E-state index is 12.0. The highest BCUT2D eigenvalue weighted by atomic mass is 16.5. The number of amides is 1. The lowest BCUT2D eigenvalue weighted by Gasteiger charge is -2.18. The van der Waals surface area contributed by atoms with Gasteiger partial charge in [-0.3, -0.25) is 4.79 Å². The van der Waals surface area contributed by atoms with Gasteiger partial charge in [0.15, 0.2) is 6.61 Å². The summed E-state index contributed by atoms with van der Waals surface area (Å²) in [6.45, 7) is 9.92. The summed E-state index contributed by atoms with van der Waals surface area (Å²) in [5.74, 6) is 0.622. The van der Waals surface area contributed by atoms with Crippen molar-refractivity contribution in [2.24, 2.45) is 0 Å². The fraction of sp³-hybridized carbons (Fsp3) is 0.381. The van der Waals surface area contributed by atoms with Gasteiger partial charge in [-0.15, -0.1) is 0 Å². The lowest BCUT2D eigenvalue weighted by Crippen LogP contribution is -2.28. The van der Waals surface area contributed by atoms with Crippen molar-refractivity contribution in [3.05, 3.63) is 64.2 Å². The number of carbonyl (C=O) groups excluding carboxylic acids is 1. The minimum absolute atomic E-state index is 0.00706. The fourth-order valence-corrected chi connectivity index (χ4v) is 2.57. The lowest BCUT2D eigenvalue weighted by atomic mass is 9.97. The van der Waals surface area contributed by atoms with Gasteiger partial charge in [-0.25, -0.2) is 0 Å². The van der Waals surface area contributed by atoms with E-state index in [2.05, 4.69) is 11.4 Å². The van der Waals surface area contributed by atoms with Crippen LogP contribution in [0.2, 0.25) is 0 Å². The molecule has 4 nitrogen and oxygen atoms in total. The Hall–Kier alpha value is -2.33. The molecule has 0 saturated carbocycles. The summed E-state index contributed by atoms with van der Waals surface area (Å²) in [6.07, 6.45) is 0. The minimum Gasteiger partial charge on any atom is -0.483 e. The van der Waals surface area contributed by atoms with Crippen molar-refractivity contribution in [3.8, 4) is 5.75 Å². The first-order chi connectivity index (χ1) is 11.7. The zero-order valence-corrected chi connectivity index (χ0v) is 15.6. The van der Waals surface area contributed by atoms with Crippen molar-refractivity contribution in [2.75, 3.05) is 6.61 Å². The largest absolute Gasteiger partial charge is 0.483 e. The molecular formula is C21H27NO3. The molecule has 0 atom stereocenters. The van der Waals surface area contributed by atoms with Gasteiger partial charge in [-0.2, -0.15) is 0 Å². The molecule has 0 spiro atoms. The SMILES string of the molecule is Cc1ccc(C)c(OCC(=O)NCc2ccc(C(C)(C)O)cc2)c1C. The lowest BCUT2D eigenvalue weighted by molar-refractivity contribution is -0.123. The average Bonchev–Trinajstić information content (AvgIpc) is 2.56. The molecule has 0 saturated heterocycles. The van der Waals surface area contributed by atoms with Crippen LogP contribution in [0.4, 0.5) is 0 Å². The number of hydrogen-bond donors (Lipinski definition) is 2. The Balaban J connectivity index is 1.88. The third kappa shape index (κ3) is 5.07. The van der Waals surface area contributed by atoms with Gasteiger partial charge >= 0.3 is 0 Å². The fourth-order valence-electron chi connectivity index (χ4n) is 2.57. The first-order valence-electron chi connectivity index (χ1n) is 8.46. The standard InChI is InChI=1S/C21H27NO3/c1-14-6-7-15(2)20(16(14)3)25-13-19(23)22-12-17-8-10-18(11-9-17)21(4,5)24/h6-11,24H,12-13H2,1-5H3,(H,22,23). The van der Waals surface area contributed by atoms with Crippen LogP contribution in [0.5, 0.6) is 5.75 Å². The summed E-state index contributed by atoms with van der Waals surface area (Å²) in [5, 5.41) is 12.8. The molecule has 0 bridgehead atoms. The predicted molar refractivity (Wildman–Crippen MR) is 99.7 cm³/mol. The summed E-state index contributed by atoms with van der Waals surface area (Å²) in [6, 6.07) is 11.6. The van der Waals surface area contributed by atoms with Crippen molar-refractivity contribution in [2.45, 2.75) is 46.8 Å². The second-order valence-electron chi connectivity index (χ2n) is 6.97. The molecule has 4 heteroatoms. The normalized spacial score (nSPS) is 11.3. The molecule has 0 radical (unpaired) electrons. The maximum Gasteiger partial charge on any atom is 0.258 e. The molecule has 2 rings (SSSR count). The van der Waals surface area contributed by atoms with Gasteiger partial charge in [-0.05, 0) is 62.4 Å². The molecule has 25 heavy (non-hydrogen) atoms. The minimum atomic E-state index is -0.862. The summed E-state index contributed by atoms with van der Waals surface area (Å²) in [4.78, 5) is 12.0. The third-order valence-corrected chi connectivity index (χ3v) is 4.37. The van der Waals surface area contributed by atoms with Crippen molar-refractivity contribution < 1.29 is 14.6 Å². The first kappa shape index (κ1) is 19.0. The monoisotopic (exact) mass is 341 g/mol.